The van der Waals surface area contributed by atoms with E-state index in [4.69, 9.17) is 0 Å². The highest BCUT2D eigenvalue weighted by molar-refractivity contribution is 8.00. The van der Waals surface area contributed by atoms with Gasteiger partial charge >= 0.3 is 0 Å². The van der Waals surface area contributed by atoms with Crippen LogP contribution in [0.3, 0.4) is 0 Å². The molecule has 1 amide bonds. The highest BCUT2D eigenvalue weighted by atomic mass is 32.2. The number of likely N-dealkylation sites (tertiary alicyclic amines) is 1. The maximum Gasteiger partial charge on any atom is 0.253 e. The van der Waals surface area contributed by atoms with Crippen LogP contribution in [0.5, 0.6) is 0 Å². The van der Waals surface area contributed by atoms with E-state index in [0.717, 1.165) is 36.4 Å². The maximum absolute atomic E-state index is 12.6. The molecule has 0 radical (unpaired) electrons. The van der Waals surface area contributed by atoms with E-state index in [9.17, 15) is 9.59 Å². The van der Waals surface area contributed by atoms with Crippen molar-refractivity contribution < 1.29 is 9.59 Å². The zero-order valence-corrected chi connectivity index (χ0v) is 14.4. The van der Waals surface area contributed by atoms with Crippen LogP contribution in [0.25, 0.3) is 0 Å². The van der Waals surface area contributed by atoms with E-state index in [0.29, 0.717) is 11.3 Å². The van der Waals surface area contributed by atoms with Crippen molar-refractivity contribution in [3.05, 3.63) is 65.7 Å². The Labute approximate surface area is 147 Å². The van der Waals surface area contributed by atoms with E-state index in [1.54, 1.807) is 0 Å². The van der Waals surface area contributed by atoms with Crippen LogP contribution in [0.1, 0.15) is 40.0 Å². The molecule has 0 aromatic heterocycles. The van der Waals surface area contributed by atoms with Crippen LogP contribution in [-0.2, 0) is 0 Å². The molecular formula is C20H21NO2S. The van der Waals surface area contributed by atoms with E-state index < -0.39 is 0 Å². The fourth-order valence-electron chi connectivity index (χ4n) is 2.85. The summed E-state index contributed by atoms with van der Waals surface area (Å²) in [6, 6.07) is 16.9. The molecule has 0 unspecified atom stereocenters. The third-order valence-corrected chi connectivity index (χ3v) is 5.18. The molecule has 0 aliphatic carbocycles. The van der Waals surface area contributed by atoms with Crippen LogP contribution in [-0.4, -0.2) is 35.4 Å². The number of rotatable bonds is 5. The molecule has 0 N–H and O–H groups in total. The summed E-state index contributed by atoms with van der Waals surface area (Å²) in [6.07, 6.45) is 3.39. The number of hydrogen-bond acceptors (Lipinski definition) is 3. The third kappa shape index (κ3) is 4.26. The van der Waals surface area contributed by atoms with Crippen molar-refractivity contribution in [1.82, 2.24) is 4.90 Å². The molecule has 2 aromatic rings. The van der Waals surface area contributed by atoms with Crippen LogP contribution >= 0.6 is 11.8 Å². The Bertz CT molecular complexity index is 709. The van der Waals surface area contributed by atoms with Crippen molar-refractivity contribution >= 4 is 23.5 Å². The summed E-state index contributed by atoms with van der Waals surface area (Å²) in [7, 11) is 0. The minimum atomic E-state index is 0.103. The molecule has 24 heavy (non-hydrogen) atoms. The molecule has 3 nitrogen and oxygen atoms in total. The van der Waals surface area contributed by atoms with Crippen molar-refractivity contribution in [2.24, 2.45) is 0 Å². The molecule has 1 aliphatic rings. The fraction of sp³-hybridized carbons (Fsp3) is 0.300. The minimum Gasteiger partial charge on any atom is -0.339 e. The number of Topliss-reactive ketones (excluding diaryl/α,β-unsaturated/α-hetero) is 1. The molecule has 1 aliphatic heterocycles. The average molecular weight is 339 g/mol. The van der Waals surface area contributed by atoms with Crippen LogP contribution in [0.2, 0.25) is 0 Å². The highest BCUT2D eigenvalue weighted by Crippen LogP contribution is 2.22. The molecule has 0 atom stereocenters. The van der Waals surface area contributed by atoms with Crippen molar-refractivity contribution in [3.8, 4) is 0 Å². The van der Waals surface area contributed by atoms with Crippen molar-refractivity contribution in [3.63, 3.8) is 0 Å². The summed E-state index contributed by atoms with van der Waals surface area (Å²) in [5.74, 6) is 0.589. The molecule has 0 bridgehead atoms. The number of piperidine rings is 1. The van der Waals surface area contributed by atoms with E-state index in [1.165, 1.54) is 18.2 Å². The monoisotopic (exact) mass is 339 g/mol. The number of carbonyl (C=O) groups is 2. The van der Waals surface area contributed by atoms with Crippen molar-refractivity contribution in [2.45, 2.75) is 24.2 Å². The first-order chi connectivity index (χ1) is 11.7. The van der Waals surface area contributed by atoms with E-state index in [2.05, 4.69) is 0 Å². The van der Waals surface area contributed by atoms with Gasteiger partial charge in [0.15, 0.2) is 5.78 Å². The van der Waals surface area contributed by atoms with Gasteiger partial charge in [-0.1, -0.05) is 36.4 Å². The molecule has 3 rings (SSSR count). The molecule has 2 aromatic carbocycles. The quantitative estimate of drug-likeness (QED) is 0.602. The van der Waals surface area contributed by atoms with Crippen molar-refractivity contribution in [2.75, 3.05) is 18.8 Å². The average Bonchev–Trinajstić information content (AvgIpc) is 2.67. The lowest BCUT2D eigenvalue weighted by Crippen LogP contribution is -2.35. The van der Waals surface area contributed by atoms with Gasteiger partial charge < -0.3 is 4.90 Å². The predicted molar refractivity (Wildman–Crippen MR) is 97.7 cm³/mol. The molecular weight excluding hydrogens is 318 g/mol. The molecule has 124 valence electrons. The second kappa shape index (κ2) is 8.15. The Kier molecular flexibility index (Phi) is 5.70. The van der Waals surface area contributed by atoms with Crippen molar-refractivity contribution in [1.29, 1.82) is 0 Å². The number of thioether (sulfide) groups is 1. The van der Waals surface area contributed by atoms with Gasteiger partial charge in [0.05, 0.1) is 5.75 Å². The smallest absolute Gasteiger partial charge is 0.253 e. The fourth-order valence-corrected chi connectivity index (χ4v) is 3.70. The first-order valence-electron chi connectivity index (χ1n) is 8.34. The second-order valence-corrected chi connectivity index (χ2v) is 7.01. The second-order valence-electron chi connectivity index (χ2n) is 5.96. The zero-order chi connectivity index (χ0) is 16.8. The Hall–Kier alpha value is -2.07. The lowest BCUT2D eigenvalue weighted by atomic mass is 10.1. The Morgan fingerprint density at radius 1 is 0.875 bits per heavy atom. The van der Waals surface area contributed by atoms with Gasteiger partial charge in [0.2, 0.25) is 0 Å². The van der Waals surface area contributed by atoms with Crippen LogP contribution < -0.4 is 0 Å². The topological polar surface area (TPSA) is 37.4 Å². The molecule has 4 heteroatoms. The summed E-state index contributed by atoms with van der Waals surface area (Å²) in [5, 5.41) is 0. The Morgan fingerprint density at radius 2 is 1.58 bits per heavy atom. The largest absolute Gasteiger partial charge is 0.339 e. The van der Waals surface area contributed by atoms with Gasteiger partial charge in [-0.25, -0.2) is 0 Å². The normalized spacial score (nSPS) is 14.4. The predicted octanol–water partition coefficient (Wildman–Crippen LogP) is 4.29. The SMILES string of the molecule is O=C(CSc1cccc(C(=O)N2CCCCC2)c1)c1ccccc1. The molecule has 1 heterocycles. The summed E-state index contributed by atoms with van der Waals surface area (Å²) < 4.78 is 0. The van der Waals surface area contributed by atoms with Gasteiger partial charge in [0.1, 0.15) is 0 Å². The maximum atomic E-state index is 12.6. The van der Waals surface area contributed by atoms with E-state index in [-0.39, 0.29) is 11.7 Å². The number of benzene rings is 2. The minimum absolute atomic E-state index is 0.103. The summed E-state index contributed by atoms with van der Waals surface area (Å²) in [5.41, 5.74) is 1.44. The number of ketones is 1. The van der Waals surface area contributed by atoms with Crippen LogP contribution in [0, 0.1) is 0 Å². The number of hydrogen-bond donors (Lipinski definition) is 0. The first kappa shape index (κ1) is 16.8. The number of nitrogens with zero attached hydrogens (tertiary/aromatic N) is 1. The lowest BCUT2D eigenvalue weighted by molar-refractivity contribution is 0.0724. The van der Waals surface area contributed by atoms with Gasteiger partial charge in [-0.2, -0.15) is 0 Å². The van der Waals surface area contributed by atoms with Crippen LogP contribution in [0.15, 0.2) is 59.5 Å². The molecule has 1 fully saturated rings. The Morgan fingerprint density at radius 3 is 2.33 bits per heavy atom. The highest BCUT2D eigenvalue weighted by Gasteiger charge is 2.18. The standard InChI is InChI=1S/C20H21NO2S/c22-19(16-8-3-1-4-9-16)15-24-18-11-7-10-17(14-18)20(23)21-12-5-2-6-13-21/h1,3-4,7-11,14H,2,5-6,12-13,15H2. The molecule has 0 saturated carbocycles. The van der Waals surface area contributed by atoms with Gasteiger partial charge in [0.25, 0.3) is 5.91 Å². The molecule has 0 spiro atoms. The summed E-state index contributed by atoms with van der Waals surface area (Å²) in [4.78, 5) is 27.6. The summed E-state index contributed by atoms with van der Waals surface area (Å²) >= 11 is 1.48. The molecule has 1 saturated heterocycles. The van der Waals surface area contributed by atoms with E-state index in [1.807, 2.05) is 59.5 Å². The van der Waals surface area contributed by atoms with Gasteiger partial charge in [-0.3, -0.25) is 9.59 Å². The third-order valence-electron chi connectivity index (χ3n) is 4.19. The zero-order valence-electron chi connectivity index (χ0n) is 13.6. The van der Waals surface area contributed by atoms with Gasteiger partial charge in [-0.05, 0) is 37.5 Å². The summed E-state index contributed by atoms with van der Waals surface area (Å²) in [6.45, 7) is 1.70. The van der Waals surface area contributed by atoms with Crippen LogP contribution in [0.4, 0.5) is 0 Å². The van der Waals surface area contributed by atoms with Gasteiger partial charge in [0, 0.05) is 29.1 Å². The lowest BCUT2D eigenvalue weighted by Gasteiger charge is -2.26. The van der Waals surface area contributed by atoms with E-state index >= 15 is 0 Å². The number of carbonyl (C=O) groups excluding carboxylic acids is 2. The number of amides is 1. The Balaban J connectivity index is 1.63. The first-order valence-corrected chi connectivity index (χ1v) is 9.33. The van der Waals surface area contributed by atoms with Gasteiger partial charge in [-0.15, -0.1) is 11.8 Å².